The molecule has 1 unspecified atom stereocenters. The highest BCUT2D eigenvalue weighted by molar-refractivity contribution is 5.89. The fourth-order valence-corrected chi connectivity index (χ4v) is 3.47. The molecule has 0 saturated heterocycles. The molecule has 2 heterocycles. The van der Waals surface area contributed by atoms with Gasteiger partial charge in [-0.2, -0.15) is 13.2 Å². The molecule has 1 fully saturated rings. The molecule has 0 aliphatic heterocycles. The Balaban J connectivity index is 2.11. The third kappa shape index (κ3) is 2.00. The maximum atomic E-state index is 14.2. The van der Waals surface area contributed by atoms with Crippen LogP contribution in [0.2, 0.25) is 0 Å². The number of hydrogen-bond donors (Lipinski definition) is 3. The summed E-state index contributed by atoms with van der Waals surface area (Å²) in [5, 5.41) is 0.508. The summed E-state index contributed by atoms with van der Waals surface area (Å²) in [6.45, 7) is 1.90. The van der Waals surface area contributed by atoms with Gasteiger partial charge in [0.25, 0.3) is 0 Å². The highest BCUT2D eigenvalue weighted by atomic mass is 19.4. The van der Waals surface area contributed by atoms with Crippen LogP contribution >= 0.6 is 0 Å². The molecule has 1 aromatic carbocycles. The number of hydrogen-bond acceptors (Lipinski definition) is 2. The first-order valence-corrected chi connectivity index (χ1v) is 7.80. The van der Waals surface area contributed by atoms with E-state index in [0.29, 0.717) is 16.5 Å². The number of aromatic nitrogens is 3. The predicted octanol–water partition coefficient (Wildman–Crippen LogP) is 3.84. The minimum atomic E-state index is -4.69. The molecule has 7 heteroatoms. The molecule has 1 saturated carbocycles. The third-order valence-corrected chi connectivity index (χ3v) is 4.80. The average molecular weight is 334 g/mol. The number of nitrogens with one attached hydrogen (secondary N) is 2. The van der Waals surface area contributed by atoms with Crippen LogP contribution in [0, 0.1) is 6.92 Å². The Kier molecular flexibility index (Phi) is 3.09. The van der Waals surface area contributed by atoms with E-state index in [4.69, 9.17) is 5.73 Å². The van der Waals surface area contributed by atoms with Gasteiger partial charge in [0.05, 0.1) is 0 Å². The first-order chi connectivity index (χ1) is 11.3. The van der Waals surface area contributed by atoms with Crippen molar-refractivity contribution in [2.45, 2.75) is 37.4 Å². The molecule has 3 aromatic rings. The van der Waals surface area contributed by atoms with Crippen molar-refractivity contribution in [3.05, 3.63) is 53.2 Å². The van der Waals surface area contributed by atoms with E-state index < -0.39 is 11.7 Å². The number of rotatable bonds is 3. The Morgan fingerprint density at radius 1 is 1.21 bits per heavy atom. The molecule has 4 N–H and O–H groups in total. The number of imidazole rings is 1. The normalized spacial score (nSPS) is 18.0. The van der Waals surface area contributed by atoms with E-state index in [1.54, 1.807) is 12.3 Å². The molecule has 0 amide bonds. The second kappa shape index (κ2) is 4.86. The molecular formula is C17H17F3N4. The van der Waals surface area contributed by atoms with Crippen LogP contribution in [0.15, 0.2) is 30.7 Å². The van der Waals surface area contributed by atoms with Crippen molar-refractivity contribution in [1.82, 2.24) is 15.0 Å². The number of nitrogens with two attached hydrogens (primary N) is 1. The van der Waals surface area contributed by atoms with Gasteiger partial charge in [-0.05, 0) is 42.9 Å². The minimum absolute atomic E-state index is 0.106. The van der Waals surface area contributed by atoms with Gasteiger partial charge in [-0.3, -0.25) is 0 Å². The molecule has 126 valence electrons. The summed E-state index contributed by atoms with van der Waals surface area (Å²) in [5.41, 5.74) is 5.78. The lowest BCUT2D eigenvalue weighted by Gasteiger charge is -2.33. The Bertz CT molecular complexity index is 891. The predicted molar refractivity (Wildman–Crippen MR) is 84.6 cm³/mol. The highest BCUT2D eigenvalue weighted by Gasteiger charge is 2.58. The highest BCUT2D eigenvalue weighted by Crippen LogP contribution is 2.51. The fraction of sp³-hybridized carbons (Fsp3) is 0.353. The van der Waals surface area contributed by atoms with Crippen LogP contribution < -0.4 is 5.73 Å². The minimum Gasteiger partial charge on any atom is -0.361 e. The van der Waals surface area contributed by atoms with E-state index in [2.05, 4.69) is 15.0 Å². The van der Waals surface area contributed by atoms with E-state index >= 15 is 0 Å². The van der Waals surface area contributed by atoms with Crippen molar-refractivity contribution >= 4 is 10.9 Å². The Hall–Kier alpha value is -2.28. The van der Waals surface area contributed by atoms with Crippen molar-refractivity contribution in [2.24, 2.45) is 5.73 Å². The standard InChI is InChI=1S/C17H17F3N4/c1-9-8-12(10-2-3-10)13(11-4-5-22-14(9)11)16(21,17(18,19)20)15-23-6-7-24-15/h4-8,10,22H,2-3,21H2,1H3,(H,23,24). The van der Waals surface area contributed by atoms with Crippen LogP contribution in [0.3, 0.4) is 0 Å². The van der Waals surface area contributed by atoms with Crippen molar-refractivity contribution in [1.29, 1.82) is 0 Å². The molecular weight excluding hydrogens is 317 g/mol. The zero-order chi connectivity index (χ0) is 17.1. The smallest absolute Gasteiger partial charge is 0.361 e. The molecule has 0 spiro atoms. The molecule has 1 aliphatic carbocycles. The molecule has 4 nitrogen and oxygen atoms in total. The summed E-state index contributed by atoms with van der Waals surface area (Å²) in [5.74, 6) is -0.165. The van der Waals surface area contributed by atoms with Gasteiger partial charge in [0.1, 0.15) is 5.82 Å². The van der Waals surface area contributed by atoms with Gasteiger partial charge in [0, 0.05) is 35.1 Å². The summed E-state index contributed by atoms with van der Waals surface area (Å²) < 4.78 is 42.5. The molecule has 1 aliphatic rings. The molecule has 4 rings (SSSR count). The monoisotopic (exact) mass is 334 g/mol. The number of halogens is 3. The Morgan fingerprint density at radius 2 is 1.96 bits per heavy atom. The second-order valence-corrected chi connectivity index (χ2v) is 6.44. The van der Waals surface area contributed by atoms with Crippen molar-refractivity contribution in [3.63, 3.8) is 0 Å². The van der Waals surface area contributed by atoms with E-state index in [0.717, 1.165) is 18.4 Å². The topological polar surface area (TPSA) is 70.5 Å². The van der Waals surface area contributed by atoms with Crippen LogP contribution in [0.1, 0.15) is 41.3 Å². The molecule has 24 heavy (non-hydrogen) atoms. The third-order valence-electron chi connectivity index (χ3n) is 4.80. The van der Waals surface area contributed by atoms with Gasteiger partial charge >= 0.3 is 6.18 Å². The van der Waals surface area contributed by atoms with Gasteiger partial charge in [-0.25, -0.2) is 4.98 Å². The van der Waals surface area contributed by atoms with E-state index in [-0.39, 0.29) is 17.3 Å². The average Bonchev–Trinajstić information content (AvgIpc) is 3.01. The lowest BCUT2D eigenvalue weighted by atomic mass is 9.81. The van der Waals surface area contributed by atoms with Crippen molar-refractivity contribution in [2.75, 3.05) is 0 Å². The number of H-pyrrole nitrogens is 2. The summed E-state index contributed by atoms with van der Waals surface area (Å²) in [6.07, 6.45) is 1.39. The van der Waals surface area contributed by atoms with Gasteiger partial charge in [-0.1, -0.05) is 6.07 Å². The number of alkyl halides is 3. The van der Waals surface area contributed by atoms with Crippen molar-refractivity contribution < 1.29 is 13.2 Å². The molecule has 2 aromatic heterocycles. The molecule has 1 atom stereocenters. The number of fused-ring (bicyclic) bond motifs is 1. The first-order valence-electron chi connectivity index (χ1n) is 7.80. The van der Waals surface area contributed by atoms with Crippen LogP contribution in [0.5, 0.6) is 0 Å². The van der Waals surface area contributed by atoms with Gasteiger partial charge in [0.15, 0.2) is 5.54 Å². The van der Waals surface area contributed by atoms with Gasteiger partial charge < -0.3 is 15.7 Å². The van der Waals surface area contributed by atoms with Gasteiger partial charge in [-0.15, -0.1) is 0 Å². The largest absolute Gasteiger partial charge is 0.417 e. The van der Waals surface area contributed by atoms with Gasteiger partial charge in [0.2, 0.25) is 0 Å². The number of aromatic amines is 2. The number of benzene rings is 1. The second-order valence-electron chi connectivity index (χ2n) is 6.44. The summed E-state index contributed by atoms with van der Waals surface area (Å²) in [7, 11) is 0. The Morgan fingerprint density at radius 3 is 2.54 bits per heavy atom. The SMILES string of the molecule is Cc1cc(C2CC2)c(C(N)(c2ncc[nH]2)C(F)(F)F)c2cc[nH]c12. The van der Waals surface area contributed by atoms with E-state index in [1.807, 2.05) is 13.0 Å². The van der Waals surface area contributed by atoms with E-state index in [1.165, 1.54) is 12.4 Å². The fourth-order valence-electron chi connectivity index (χ4n) is 3.47. The van der Waals surface area contributed by atoms with Crippen LogP contribution in [-0.2, 0) is 5.54 Å². The van der Waals surface area contributed by atoms with Crippen LogP contribution in [0.4, 0.5) is 13.2 Å². The molecule has 0 bridgehead atoms. The maximum Gasteiger partial charge on any atom is 0.417 e. The maximum absolute atomic E-state index is 14.2. The quantitative estimate of drug-likeness (QED) is 0.681. The Labute approximate surface area is 136 Å². The summed E-state index contributed by atoms with van der Waals surface area (Å²) >= 11 is 0. The lowest BCUT2D eigenvalue weighted by Crippen LogP contribution is -2.52. The lowest BCUT2D eigenvalue weighted by molar-refractivity contribution is -0.178. The number of aryl methyl sites for hydroxylation is 1. The number of nitrogens with zero attached hydrogens (tertiary/aromatic N) is 1. The molecule has 0 radical (unpaired) electrons. The van der Waals surface area contributed by atoms with Crippen molar-refractivity contribution in [3.8, 4) is 0 Å². The van der Waals surface area contributed by atoms with Crippen LogP contribution in [0.25, 0.3) is 10.9 Å². The zero-order valence-corrected chi connectivity index (χ0v) is 13.0. The van der Waals surface area contributed by atoms with Crippen LogP contribution in [-0.4, -0.2) is 21.1 Å². The zero-order valence-electron chi connectivity index (χ0n) is 13.0. The van der Waals surface area contributed by atoms with E-state index in [9.17, 15) is 13.2 Å². The summed E-state index contributed by atoms with van der Waals surface area (Å²) in [6, 6.07) is 3.50. The first kappa shape index (κ1) is 15.3. The summed E-state index contributed by atoms with van der Waals surface area (Å²) in [4.78, 5) is 9.46.